The summed E-state index contributed by atoms with van der Waals surface area (Å²) in [6.07, 6.45) is 8.69. The molecule has 0 aromatic heterocycles. The molecule has 1 N–H and O–H groups in total. The summed E-state index contributed by atoms with van der Waals surface area (Å²) in [5.74, 6) is 2.81. The van der Waals surface area contributed by atoms with E-state index in [0.29, 0.717) is 11.5 Å². The first-order chi connectivity index (χ1) is 10.0. The van der Waals surface area contributed by atoms with Crippen molar-refractivity contribution in [3.05, 3.63) is 29.6 Å². The van der Waals surface area contributed by atoms with E-state index < -0.39 is 0 Å². The molecule has 4 saturated carbocycles. The van der Waals surface area contributed by atoms with Gasteiger partial charge in [-0.3, -0.25) is 0 Å². The number of hydrogen-bond donors (Lipinski definition) is 1. The Hall–Kier alpha value is -1.05. The van der Waals surface area contributed by atoms with E-state index in [4.69, 9.17) is 0 Å². The third-order valence-electron chi connectivity index (χ3n) is 6.56. The average Bonchev–Trinajstić information content (AvgIpc) is 2.40. The Morgan fingerprint density at radius 1 is 1.10 bits per heavy atom. The van der Waals surface area contributed by atoms with Crippen LogP contribution in [0.3, 0.4) is 0 Å². The summed E-state index contributed by atoms with van der Waals surface area (Å²) in [4.78, 5) is 0. The lowest BCUT2D eigenvalue weighted by Gasteiger charge is -2.59. The maximum absolute atomic E-state index is 13.3. The van der Waals surface area contributed by atoms with Gasteiger partial charge in [0.1, 0.15) is 5.82 Å². The van der Waals surface area contributed by atoms with Crippen LogP contribution in [0.4, 0.5) is 10.1 Å². The first-order valence-electron chi connectivity index (χ1n) is 8.57. The van der Waals surface area contributed by atoms with Crippen LogP contribution in [0.25, 0.3) is 0 Å². The molecule has 0 radical (unpaired) electrons. The van der Waals surface area contributed by atoms with Crippen LogP contribution in [-0.4, -0.2) is 6.04 Å². The number of aryl methyl sites for hydroxylation is 1. The minimum atomic E-state index is -0.138. The lowest BCUT2D eigenvalue weighted by atomic mass is 9.48. The second-order valence-corrected chi connectivity index (χ2v) is 8.11. The zero-order chi connectivity index (χ0) is 14.6. The smallest absolute Gasteiger partial charge is 0.123 e. The Labute approximate surface area is 127 Å². The van der Waals surface area contributed by atoms with Crippen molar-refractivity contribution in [2.24, 2.45) is 23.2 Å². The molecule has 1 aromatic carbocycles. The van der Waals surface area contributed by atoms with Gasteiger partial charge >= 0.3 is 0 Å². The Bertz CT molecular complexity index is 515. The number of hydrogen-bond acceptors (Lipinski definition) is 1. The molecule has 1 atom stereocenters. The largest absolute Gasteiger partial charge is 0.382 e. The number of nitrogens with one attached hydrogen (secondary N) is 1. The van der Waals surface area contributed by atoms with Gasteiger partial charge in [0.25, 0.3) is 0 Å². The van der Waals surface area contributed by atoms with Gasteiger partial charge in [-0.15, -0.1) is 0 Å². The standard InChI is InChI=1S/C19H26FN/c1-12-5-17(20)3-4-18(12)21-13(2)19-9-14-6-15(10-19)8-16(7-14)11-19/h3-5,13-16,21H,6-11H2,1-2H3. The zero-order valence-electron chi connectivity index (χ0n) is 13.2. The molecule has 0 saturated heterocycles. The molecule has 0 amide bonds. The van der Waals surface area contributed by atoms with Crippen molar-refractivity contribution in [3.8, 4) is 0 Å². The summed E-state index contributed by atoms with van der Waals surface area (Å²) in [5, 5.41) is 3.73. The molecule has 114 valence electrons. The molecule has 1 nitrogen and oxygen atoms in total. The predicted octanol–water partition coefficient (Wildman–Crippen LogP) is 5.15. The lowest BCUT2D eigenvalue weighted by Crippen LogP contribution is -2.52. The predicted molar refractivity (Wildman–Crippen MR) is 84.8 cm³/mol. The van der Waals surface area contributed by atoms with Crippen LogP contribution in [0.5, 0.6) is 0 Å². The normalized spacial score (nSPS) is 38.5. The monoisotopic (exact) mass is 287 g/mol. The molecule has 4 bridgehead atoms. The summed E-state index contributed by atoms with van der Waals surface area (Å²) in [6.45, 7) is 4.35. The molecular weight excluding hydrogens is 261 g/mol. The lowest BCUT2D eigenvalue weighted by molar-refractivity contribution is -0.0602. The van der Waals surface area contributed by atoms with Crippen LogP contribution in [0.15, 0.2) is 18.2 Å². The van der Waals surface area contributed by atoms with Crippen LogP contribution in [0, 0.1) is 35.9 Å². The van der Waals surface area contributed by atoms with Crippen molar-refractivity contribution in [2.45, 2.75) is 58.4 Å². The molecule has 4 fully saturated rings. The van der Waals surface area contributed by atoms with Crippen LogP contribution in [0.1, 0.15) is 51.0 Å². The van der Waals surface area contributed by atoms with Crippen molar-refractivity contribution in [1.82, 2.24) is 0 Å². The molecule has 4 aliphatic rings. The van der Waals surface area contributed by atoms with E-state index in [2.05, 4.69) is 12.2 Å². The number of halogens is 1. The minimum absolute atomic E-state index is 0.138. The highest BCUT2D eigenvalue weighted by molar-refractivity contribution is 5.51. The van der Waals surface area contributed by atoms with Gasteiger partial charge in [-0.1, -0.05) is 0 Å². The van der Waals surface area contributed by atoms with Gasteiger partial charge in [0.05, 0.1) is 0 Å². The van der Waals surface area contributed by atoms with Crippen LogP contribution in [-0.2, 0) is 0 Å². The van der Waals surface area contributed by atoms with Crippen molar-refractivity contribution in [3.63, 3.8) is 0 Å². The topological polar surface area (TPSA) is 12.0 Å². The molecule has 5 rings (SSSR count). The Balaban J connectivity index is 1.56. The summed E-state index contributed by atoms with van der Waals surface area (Å²) < 4.78 is 13.3. The average molecular weight is 287 g/mol. The van der Waals surface area contributed by atoms with Gasteiger partial charge < -0.3 is 5.32 Å². The fraction of sp³-hybridized carbons (Fsp3) is 0.684. The van der Waals surface area contributed by atoms with Crippen molar-refractivity contribution < 1.29 is 4.39 Å². The van der Waals surface area contributed by atoms with E-state index in [-0.39, 0.29) is 5.82 Å². The third-order valence-corrected chi connectivity index (χ3v) is 6.56. The minimum Gasteiger partial charge on any atom is -0.382 e. The quantitative estimate of drug-likeness (QED) is 0.810. The van der Waals surface area contributed by atoms with Gasteiger partial charge in [0, 0.05) is 11.7 Å². The molecule has 2 heteroatoms. The molecule has 0 spiro atoms. The number of rotatable bonds is 3. The Morgan fingerprint density at radius 3 is 2.19 bits per heavy atom. The van der Waals surface area contributed by atoms with Gasteiger partial charge in [-0.05, 0) is 99.3 Å². The molecule has 0 heterocycles. The summed E-state index contributed by atoms with van der Waals surface area (Å²) in [5.41, 5.74) is 2.63. The summed E-state index contributed by atoms with van der Waals surface area (Å²) >= 11 is 0. The van der Waals surface area contributed by atoms with Crippen molar-refractivity contribution in [1.29, 1.82) is 0 Å². The summed E-state index contributed by atoms with van der Waals surface area (Å²) in [7, 11) is 0. The maximum atomic E-state index is 13.3. The molecule has 4 aliphatic carbocycles. The highest BCUT2D eigenvalue weighted by Gasteiger charge is 2.53. The van der Waals surface area contributed by atoms with E-state index >= 15 is 0 Å². The van der Waals surface area contributed by atoms with Gasteiger partial charge in [-0.2, -0.15) is 0 Å². The molecular formula is C19H26FN. The van der Waals surface area contributed by atoms with Gasteiger partial charge in [-0.25, -0.2) is 4.39 Å². The molecule has 21 heavy (non-hydrogen) atoms. The SMILES string of the molecule is Cc1cc(F)ccc1NC(C)C12CC3CC(CC(C3)C1)C2. The number of benzene rings is 1. The molecule has 1 unspecified atom stereocenters. The van der Waals surface area contributed by atoms with E-state index in [1.165, 1.54) is 38.5 Å². The molecule has 1 aromatic rings. The highest BCUT2D eigenvalue weighted by Crippen LogP contribution is 2.61. The maximum Gasteiger partial charge on any atom is 0.123 e. The van der Waals surface area contributed by atoms with Crippen molar-refractivity contribution >= 4 is 5.69 Å². The Morgan fingerprint density at radius 2 is 1.67 bits per heavy atom. The van der Waals surface area contributed by atoms with Crippen LogP contribution < -0.4 is 5.32 Å². The first-order valence-corrected chi connectivity index (χ1v) is 8.57. The molecule has 0 aliphatic heterocycles. The van der Waals surface area contributed by atoms with E-state index in [9.17, 15) is 4.39 Å². The highest BCUT2D eigenvalue weighted by atomic mass is 19.1. The van der Waals surface area contributed by atoms with Crippen LogP contribution in [0.2, 0.25) is 0 Å². The van der Waals surface area contributed by atoms with E-state index in [1.54, 1.807) is 12.1 Å². The van der Waals surface area contributed by atoms with Crippen LogP contribution >= 0.6 is 0 Å². The third kappa shape index (κ3) is 2.27. The second-order valence-electron chi connectivity index (χ2n) is 8.11. The van der Waals surface area contributed by atoms with Gasteiger partial charge in [0.2, 0.25) is 0 Å². The Kier molecular flexibility index (Phi) is 3.06. The van der Waals surface area contributed by atoms with E-state index in [0.717, 1.165) is 29.0 Å². The zero-order valence-corrected chi connectivity index (χ0v) is 13.2. The summed E-state index contributed by atoms with van der Waals surface area (Å²) in [6, 6.07) is 5.60. The fourth-order valence-electron chi connectivity index (χ4n) is 5.88. The first kappa shape index (κ1) is 13.6. The number of anilines is 1. The second kappa shape index (κ2) is 4.72. The fourth-order valence-corrected chi connectivity index (χ4v) is 5.88. The van der Waals surface area contributed by atoms with E-state index in [1.807, 2.05) is 13.0 Å². The van der Waals surface area contributed by atoms with Crippen molar-refractivity contribution in [2.75, 3.05) is 5.32 Å². The van der Waals surface area contributed by atoms with Gasteiger partial charge in [0.15, 0.2) is 0 Å².